The maximum atomic E-state index is 11.8. The van der Waals surface area contributed by atoms with Crippen LogP contribution in [0.15, 0.2) is 0 Å². The molecule has 0 aromatic carbocycles. The molecule has 1 heterocycles. The van der Waals surface area contributed by atoms with Gasteiger partial charge in [0.2, 0.25) is 11.0 Å². The van der Waals surface area contributed by atoms with Crippen LogP contribution in [-0.4, -0.2) is 20.7 Å². The van der Waals surface area contributed by atoms with Gasteiger partial charge in [0.05, 0.1) is 6.07 Å². The molecule has 1 aliphatic rings. The minimum atomic E-state index is -0.869. The highest BCUT2D eigenvalue weighted by Crippen LogP contribution is 2.38. The zero-order valence-electron chi connectivity index (χ0n) is 7.93. The molecular formula is C8H9N5OS. The van der Waals surface area contributed by atoms with Crippen molar-refractivity contribution in [3.8, 4) is 6.07 Å². The molecule has 1 fully saturated rings. The summed E-state index contributed by atoms with van der Waals surface area (Å²) in [5.74, 6) is -0.277. The lowest BCUT2D eigenvalue weighted by molar-refractivity contribution is -0.122. The maximum Gasteiger partial charge on any atom is 0.246 e. The SMILES string of the molecule is N#CC1(C(=O)Nc2nnns2)CCCC1. The predicted octanol–water partition coefficient (Wildman–Crippen LogP) is 0.956. The Hall–Kier alpha value is -1.55. The van der Waals surface area contributed by atoms with Crippen LogP contribution in [0.1, 0.15) is 25.7 Å². The van der Waals surface area contributed by atoms with Crippen molar-refractivity contribution in [1.29, 1.82) is 5.26 Å². The average Bonchev–Trinajstić information content (AvgIpc) is 2.87. The van der Waals surface area contributed by atoms with Crippen LogP contribution in [0, 0.1) is 16.7 Å². The van der Waals surface area contributed by atoms with E-state index >= 15 is 0 Å². The van der Waals surface area contributed by atoms with Crippen molar-refractivity contribution < 1.29 is 4.79 Å². The quantitative estimate of drug-likeness (QED) is 0.806. The third-order valence-corrected chi connectivity index (χ3v) is 3.14. The lowest BCUT2D eigenvalue weighted by Crippen LogP contribution is -2.32. The Labute approximate surface area is 90.5 Å². The van der Waals surface area contributed by atoms with Crippen LogP contribution in [0.2, 0.25) is 0 Å². The van der Waals surface area contributed by atoms with E-state index in [4.69, 9.17) is 5.26 Å². The number of hydrogen-bond donors (Lipinski definition) is 1. The summed E-state index contributed by atoms with van der Waals surface area (Å²) in [5, 5.41) is 19.0. The number of anilines is 1. The second-order valence-electron chi connectivity index (χ2n) is 3.52. The molecule has 1 aromatic rings. The van der Waals surface area contributed by atoms with Gasteiger partial charge in [0.1, 0.15) is 5.41 Å². The highest BCUT2D eigenvalue weighted by atomic mass is 32.1. The van der Waals surface area contributed by atoms with Gasteiger partial charge in [-0.1, -0.05) is 22.4 Å². The number of aromatic nitrogens is 3. The van der Waals surface area contributed by atoms with Crippen molar-refractivity contribution in [2.75, 3.05) is 5.32 Å². The molecule has 1 aromatic heterocycles. The highest BCUT2D eigenvalue weighted by Gasteiger charge is 2.41. The van der Waals surface area contributed by atoms with Gasteiger partial charge in [-0.2, -0.15) is 5.26 Å². The summed E-state index contributed by atoms with van der Waals surface area (Å²) in [4.78, 5) is 11.8. The van der Waals surface area contributed by atoms with Gasteiger partial charge in [-0.05, 0) is 18.1 Å². The fraction of sp³-hybridized carbons (Fsp3) is 0.625. The molecule has 0 aliphatic heterocycles. The summed E-state index contributed by atoms with van der Waals surface area (Å²) in [6, 6.07) is 2.11. The number of amides is 1. The normalized spacial score (nSPS) is 18.3. The van der Waals surface area contributed by atoms with E-state index in [1.54, 1.807) is 0 Å². The molecule has 1 amide bonds. The van der Waals surface area contributed by atoms with Gasteiger partial charge in [-0.15, -0.1) is 0 Å². The van der Waals surface area contributed by atoms with E-state index in [1.165, 1.54) is 0 Å². The van der Waals surface area contributed by atoms with E-state index in [1.807, 2.05) is 0 Å². The van der Waals surface area contributed by atoms with Gasteiger partial charge < -0.3 is 0 Å². The molecule has 0 spiro atoms. The van der Waals surface area contributed by atoms with Crippen LogP contribution < -0.4 is 5.32 Å². The fourth-order valence-corrected chi connectivity index (χ4v) is 2.13. The summed E-state index contributed by atoms with van der Waals surface area (Å²) in [7, 11) is 0. The Morgan fingerprint density at radius 1 is 1.53 bits per heavy atom. The Kier molecular flexibility index (Phi) is 2.60. The second-order valence-corrected chi connectivity index (χ2v) is 4.26. The Bertz CT molecular complexity index is 390. The zero-order valence-corrected chi connectivity index (χ0v) is 8.75. The predicted molar refractivity (Wildman–Crippen MR) is 52.8 cm³/mol. The molecule has 0 saturated heterocycles. The number of rotatable bonds is 2. The number of nitrogens with one attached hydrogen (secondary N) is 1. The molecule has 0 radical (unpaired) electrons. The van der Waals surface area contributed by atoms with E-state index in [0.717, 1.165) is 24.4 Å². The first-order chi connectivity index (χ1) is 7.27. The van der Waals surface area contributed by atoms with Gasteiger partial charge in [0.25, 0.3) is 0 Å². The molecule has 1 saturated carbocycles. The van der Waals surface area contributed by atoms with E-state index in [9.17, 15) is 4.79 Å². The van der Waals surface area contributed by atoms with E-state index < -0.39 is 5.41 Å². The third kappa shape index (κ3) is 1.80. The minimum absolute atomic E-state index is 0.277. The summed E-state index contributed by atoms with van der Waals surface area (Å²) < 4.78 is 3.53. The third-order valence-electron chi connectivity index (χ3n) is 2.63. The summed E-state index contributed by atoms with van der Waals surface area (Å²) in [5.41, 5.74) is -0.869. The van der Waals surface area contributed by atoms with Crippen LogP contribution in [0.3, 0.4) is 0 Å². The van der Waals surface area contributed by atoms with Crippen molar-refractivity contribution in [2.24, 2.45) is 5.41 Å². The largest absolute Gasteiger partial charge is 0.298 e. The van der Waals surface area contributed by atoms with Crippen molar-refractivity contribution >= 4 is 22.6 Å². The smallest absolute Gasteiger partial charge is 0.246 e. The van der Waals surface area contributed by atoms with E-state index in [-0.39, 0.29) is 5.91 Å². The molecule has 6 nitrogen and oxygen atoms in total. The Balaban J connectivity index is 2.10. The molecule has 7 heteroatoms. The Morgan fingerprint density at radius 3 is 2.80 bits per heavy atom. The summed E-state index contributed by atoms with van der Waals surface area (Å²) >= 11 is 1.01. The molecule has 1 N–H and O–H groups in total. The summed E-state index contributed by atoms with van der Waals surface area (Å²) in [6.07, 6.45) is 3.10. The van der Waals surface area contributed by atoms with Crippen molar-refractivity contribution in [1.82, 2.24) is 14.8 Å². The van der Waals surface area contributed by atoms with Crippen LogP contribution in [0.25, 0.3) is 0 Å². The molecule has 0 atom stereocenters. The first kappa shape index (κ1) is 9.98. The topological polar surface area (TPSA) is 91.6 Å². The van der Waals surface area contributed by atoms with Gasteiger partial charge in [-0.25, -0.2) is 0 Å². The maximum absolute atomic E-state index is 11.8. The lowest BCUT2D eigenvalue weighted by Gasteiger charge is -2.17. The van der Waals surface area contributed by atoms with Gasteiger partial charge in [-0.3, -0.25) is 10.1 Å². The summed E-state index contributed by atoms with van der Waals surface area (Å²) in [6.45, 7) is 0. The van der Waals surface area contributed by atoms with Gasteiger partial charge in [0, 0.05) is 11.5 Å². The number of nitrogens with zero attached hydrogens (tertiary/aromatic N) is 4. The fourth-order valence-electron chi connectivity index (χ4n) is 1.77. The second kappa shape index (κ2) is 3.90. The zero-order chi connectivity index (χ0) is 10.7. The number of carbonyl (C=O) groups excluding carboxylic acids is 1. The van der Waals surface area contributed by atoms with Crippen LogP contribution in [0.5, 0.6) is 0 Å². The van der Waals surface area contributed by atoms with Crippen LogP contribution in [-0.2, 0) is 4.79 Å². The molecule has 2 rings (SSSR count). The van der Waals surface area contributed by atoms with E-state index in [2.05, 4.69) is 26.2 Å². The molecule has 0 unspecified atom stereocenters. The molecule has 0 bridgehead atoms. The molecule has 15 heavy (non-hydrogen) atoms. The molecule has 1 aliphatic carbocycles. The Morgan fingerprint density at radius 2 is 2.27 bits per heavy atom. The van der Waals surface area contributed by atoms with Crippen molar-refractivity contribution in [3.63, 3.8) is 0 Å². The number of nitriles is 1. The van der Waals surface area contributed by atoms with Crippen LogP contribution in [0.4, 0.5) is 5.13 Å². The van der Waals surface area contributed by atoms with Crippen molar-refractivity contribution in [2.45, 2.75) is 25.7 Å². The van der Waals surface area contributed by atoms with Gasteiger partial charge in [0.15, 0.2) is 0 Å². The molecule has 78 valence electrons. The minimum Gasteiger partial charge on any atom is -0.298 e. The number of hydrogen-bond acceptors (Lipinski definition) is 6. The number of carbonyl (C=O) groups is 1. The van der Waals surface area contributed by atoms with Crippen molar-refractivity contribution in [3.05, 3.63) is 0 Å². The average molecular weight is 223 g/mol. The van der Waals surface area contributed by atoms with Crippen LogP contribution >= 0.6 is 11.5 Å². The lowest BCUT2D eigenvalue weighted by atomic mass is 9.87. The first-order valence-corrected chi connectivity index (χ1v) is 5.42. The van der Waals surface area contributed by atoms with Gasteiger partial charge >= 0.3 is 0 Å². The highest BCUT2D eigenvalue weighted by molar-refractivity contribution is 7.09. The first-order valence-electron chi connectivity index (χ1n) is 4.65. The molecular weight excluding hydrogens is 214 g/mol. The van der Waals surface area contributed by atoms with E-state index in [0.29, 0.717) is 18.0 Å². The monoisotopic (exact) mass is 223 g/mol. The standard InChI is InChI=1S/C8H9N5OS/c9-5-8(3-1-2-4-8)6(14)10-7-11-12-13-15-7/h1-4H2,(H,10,11,13,14).